The molecule has 1 aliphatic heterocycles. The van der Waals surface area contributed by atoms with Gasteiger partial charge in [-0.2, -0.15) is 0 Å². The number of hydrogen-bond donors (Lipinski definition) is 1. The molecular formula is C15H27N5. The molecule has 2 heterocycles. The first-order chi connectivity index (χ1) is 9.56. The molecule has 1 aromatic rings. The van der Waals surface area contributed by atoms with Crippen molar-refractivity contribution in [2.24, 2.45) is 0 Å². The van der Waals surface area contributed by atoms with Gasteiger partial charge < -0.3 is 10.2 Å². The zero-order valence-electron chi connectivity index (χ0n) is 13.4. The van der Waals surface area contributed by atoms with Crippen LogP contribution in [0.2, 0.25) is 0 Å². The number of nitrogens with zero attached hydrogens (tertiary/aromatic N) is 4. The summed E-state index contributed by atoms with van der Waals surface area (Å²) in [6, 6.07) is 0.278. The van der Waals surface area contributed by atoms with Crippen molar-refractivity contribution in [1.29, 1.82) is 0 Å². The maximum atomic E-state index is 4.83. The van der Waals surface area contributed by atoms with E-state index in [9.17, 15) is 0 Å². The predicted molar refractivity (Wildman–Crippen MR) is 83.2 cm³/mol. The van der Waals surface area contributed by atoms with Gasteiger partial charge >= 0.3 is 0 Å². The van der Waals surface area contributed by atoms with Gasteiger partial charge in [-0.25, -0.2) is 9.97 Å². The Labute approximate surface area is 122 Å². The van der Waals surface area contributed by atoms with Gasteiger partial charge in [-0.1, -0.05) is 6.92 Å². The molecule has 1 aromatic heterocycles. The Hall–Kier alpha value is -1.20. The normalized spacial score (nSPS) is 21.8. The van der Waals surface area contributed by atoms with Crippen LogP contribution in [0, 0.1) is 6.92 Å². The van der Waals surface area contributed by atoms with Gasteiger partial charge in [-0.3, -0.25) is 4.90 Å². The Kier molecular flexibility index (Phi) is 4.94. The summed E-state index contributed by atoms with van der Waals surface area (Å²) in [5, 5.41) is 3.21. The molecule has 112 valence electrons. The minimum Gasteiger partial charge on any atom is -0.373 e. The number of aromatic nitrogens is 2. The van der Waals surface area contributed by atoms with Crippen LogP contribution in [-0.2, 0) is 6.42 Å². The summed E-state index contributed by atoms with van der Waals surface area (Å²) < 4.78 is 0. The van der Waals surface area contributed by atoms with Crippen LogP contribution >= 0.6 is 0 Å². The van der Waals surface area contributed by atoms with Gasteiger partial charge in [0, 0.05) is 24.8 Å². The molecule has 1 N–H and O–H groups in total. The van der Waals surface area contributed by atoms with Crippen LogP contribution in [0.4, 0.5) is 5.82 Å². The molecule has 0 radical (unpaired) electrons. The lowest BCUT2D eigenvalue weighted by molar-refractivity contribution is 0.219. The summed E-state index contributed by atoms with van der Waals surface area (Å²) in [4.78, 5) is 14.3. The highest BCUT2D eigenvalue weighted by molar-refractivity contribution is 5.45. The monoisotopic (exact) mass is 277 g/mol. The summed E-state index contributed by atoms with van der Waals surface area (Å²) in [6.07, 6.45) is 2.15. The van der Waals surface area contributed by atoms with E-state index in [-0.39, 0.29) is 6.04 Å². The van der Waals surface area contributed by atoms with Crippen LogP contribution in [0.1, 0.15) is 36.5 Å². The Morgan fingerprint density at radius 2 is 2.00 bits per heavy atom. The molecule has 0 amide bonds. The summed E-state index contributed by atoms with van der Waals surface area (Å²) in [5.41, 5.74) is 2.32. The van der Waals surface area contributed by atoms with E-state index < -0.39 is 0 Å². The molecule has 2 rings (SSSR count). The standard InChI is InChI=1S/C15H27N5/c1-6-12-11(2)14(16-3)18-15(17-12)13-10-19(4)8-7-9-20(13)5/h13H,6-10H2,1-5H3,(H,16,17,18). The third kappa shape index (κ3) is 3.10. The van der Waals surface area contributed by atoms with Crippen molar-refractivity contribution in [3.05, 3.63) is 17.1 Å². The van der Waals surface area contributed by atoms with Gasteiger partial charge in [0.25, 0.3) is 0 Å². The van der Waals surface area contributed by atoms with E-state index in [0.717, 1.165) is 43.4 Å². The van der Waals surface area contributed by atoms with Crippen molar-refractivity contribution in [2.75, 3.05) is 46.1 Å². The molecule has 5 heteroatoms. The minimum absolute atomic E-state index is 0.278. The summed E-state index contributed by atoms with van der Waals surface area (Å²) in [6.45, 7) is 7.49. The number of nitrogens with one attached hydrogen (secondary N) is 1. The highest BCUT2D eigenvalue weighted by Crippen LogP contribution is 2.24. The molecule has 0 aromatic carbocycles. The summed E-state index contributed by atoms with van der Waals surface area (Å²) in [5.74, 6) is 1.92. The SMILES string of the molecule is CCc1nc(C2CN(C)CCCN2C)nc(NC)c1C. The topological polar surface area (TPSA) is 44.3 Å². The smallest absolute Gasteiger partial charge is 0.149 e. The zero-order chi connectivity index (χ0) is 14.7. The van der Waals surface area contributed by atoms with Crippen molar-refractivity contribution in [2.45, 2.75) is 32.7 Å². The summed E-state index contributed by atoms with van der Waals surface area (Å²) >= 11 is 0. The highest BCUT2D eigenvalue weighted by Gasteiger charge is 2.25. The first kappa shape index (κ1) is 15.2. The van der Waals surface area contributed by atoms with Crippen LogP contribution in [-0.4, -0.2) is 60.5 Å². The lowest BCUT2D eigenvalue weighted by Crippen LogP contribution is -2.32. The van der Waals surface area contributed by atoms with Gasteiger partial charge in [0.15, 0.2) is 0 Å². The van der Waals surface area contributed by atoms with Gasteiger partial charge in [0.05, 0.1) is 6.04 Å². The minimum atomic E-state index is 0.278. The quantitative estimate of drug-likeness (QED) is 0.911. The third-order valence-corrected chi connectivity index (χ3v) is 4.20. The average molecular weight is 277 g/mol. The second-order valence-electron chi connectivity index (χ2n) is 5.72. The Bertz CT molecular complexity index is 435. The predicted octanol–water partition coefficient (Wildman–Crippen LogP) is 1.70. The highest BCUT2D eigenvalue weighted by atomic mass is 15.2. The molecule has 1 unspecified atom stereocenters. The van der Waals surface area contributed by atoms with E-state index >= 15 is 0 Å². The molecule has 20 heavy (non-hydrogen) atoms. The lowest BCUT2D eigenvalue weighted by atomic mass is 10.1. The Balaban J connectivity index is 2.39. The van der Waals surface area contributed by atoms with Gasteiger partial charge in [-0.05, 0) is 47.0 Å². The van der Waals surface area contributed by atoms with Crippen molar-refractivity contribution >= 4 is 5.82 Å². The number of anilines is 1. The second kappa shape index (κ2) is 6.50. The van der Waals surface area contributed by atoms with Crippen molar-refractivity contribution < 1.29 is 0 Å². The molecule has 1 atom stereocenters. The number of likely N-dealkylation sites (N-methyl/N-ethyl adjacent to an activating group) is 2. The molecular weight excluding hydrogens is 250 g/mol. The van der Waals surface area contributed by atoms with Crippen LogP contribution in [0.3, 0.4) is 0 Å². The fraction of sp³-hybridized carbons (Fsp3) is 0.733. The van der Waals surface area contributed by atoms with Crippen LogP contribution in [0.15, 0.2) is 0 Å². The van der Waals surface area contributed by atoms with Crippen LogP contribution < -0.4 is 5.32 Å². The maximum Gasteiger partial charge on any atom is 0.149 e. The second-order valence-corrected chi connectivity index (χ2v) is 5.72. The van der Waals surface area contributed by atoms with Gasteiger partial charge in [0.1, 0.15) is 11.6 Å². The van der Waals surface area contributed by atoms with E-state index in [2.05, 4.69) is 43.1 Å². The Morgan fingerprint density at radius 1 is 1.25 bits per heavy atom. The first-order valence-corrected chi connectivity index (χ1v) is 7.50. The molecule has 0 aliphatic carbocycles. The van der Waals surface area contributed by atoms with Crippen LogP contribution in [0.25, 0.3) is 0 Å². The molecule has 1 aliphatic rings. The fourth-order valence-corrected chi connectivity index (χ4v) is 2.87. The van der Waals surface area contributed by atoms with Crippen molar-refractivity contribution in [3.63, 3.8) is 0 Å². The van der Waals surface area contributed by atoms with E-state index in [1.807, 2.05) is 7.05 Å². The molecule has 0 spiro atoms. The number of hydrogen-bond acceptors (Lipinski definition) is 5. The van der Waals surface area contributed by atoms with Crippen molar-refractivity contribution in [1.82, 2.24) is 19.8 Å². The van der Waals surface area contributed by atoms with Gasteiger partial charge in [-0.15, -0.1) is 0 Å². The van der Waals surface area contributed by atoms with E-state index in [4.69, 9.17) is 9.97 Å². The van der Waals surface area contributed by atoms with E-state index in [1.165, 1.54) is 12.0 Å². The molecule has 1 fully saturated rings. The molecule has 5 nitrogen and oxygen atoms in total. The lowest BCUT2D eigenvalue weighted by Gasteiger charge is -2.27. The maximum absolute atomic E-state index is 4.83. The molecule has 0 bridgehead atoms. The van der Waals surface area contributed by atoms with E-state index in [0.29, 0.717) is 0 Å². The fourth-order valence-electron chi connectivity index (χ4n) is 2.87. The summed E-state index contributed by atoms with van der Waals surface area (Å²) in [7, 11) is 6.29. The first-order valence-electron chi connectivity index (χ1n) is 7.50. The molecule has 0 saturated carbocycles. The number of aryl methyl sites for hydroxylation is 1. The molecule has 1 saturated heterocycles. The third-order valence-electron chi connectivity index (χ3n) is 4.20. The van der Waals surface area contributed by atoms with Crippen LogP contribution in [0.5, 0.6) is 0 Å². The zero-order valence-corrected chi connectivity index (χ0v) is 13.4. The number of rotatable bonds is 3. The Morgan fingerprint density at radius 3 is 2.65 bits per heavy atom. The largest absolute Gasteiger partial charge is 0.373 e. The van der Waals surface area contributed by atoms with Crippen molar-refractivity contribution in [3.8, 4) is 0 Å². The van der Waals surface area contributed by atoms with Gasteiger partial charge in [0.2, 0.25) is 0 Å². The average Bonchev–Trinajstić information content (AvgIpc) is 2.61. The van der Waals surface area contributed by atoms with E-state index in [1.54, 1.807) is 0 Å².